The maximum Gasteiger partial charge on any atom is 0.119 e. The Hall–Kier alpha value is -1.52. The number of phenols is 2. The van der Waals surface area contributed by atoms with Crippen molar-refractivity contribution in [1.82, 2.24) is 5.32 Å². The monoisotopic (exact) mass is 335 g/mol. The van der Waals surface area contributed by atoms with Gasteiger partial charge in [-0.05, 0) is 43.2 Å². The number of aromatic hydroxyl groups is 2. The lowest BCUT2D eigenvalue weighted by atomic mass is 10.0. The van der Waals surface area contributed by atoms with Gasteiger partial charge < -0.3 is 15.5 Å². The number of halogens is 1. The summed E-state index contributed by atoms with van der Waals surface area (Å²) in [6.07, 6.45) is 0. The van der Waals surface area contributed by atoms with Crippen LogP contribution in [0.2, 0.25) is 0 Å². The van der Waals surface area contributed by atoms with Crippen molar-refractivity contribution in [1.29, 1.82) is 0 Å². The summed E-state index contributed by atoms with van der Waals surface area (Å²) in [5.41, 5.74) is 2.02. The molecule has 2 aromatic rings. The van der Waals surface area contributed by atoms with Crippen LogP contribution in [0.5, 0.6) is 11.5 Å². The van der Waals surface area contributed by atoms with E-state index in [2.05, 4.69) is 34.2 Å². The molecule has 0 amide bonds. The van der Waals surface area contributed by atoms with Gasteiger partial charge in [0.05, 0.1) is 0 Å². The molecule has 2 aromatic carbocycles. The number of benzene rings is 2. The molecule has 0 aliphatic heterocycles. The molecule has 0 saturated carbocycles. The third-order valence-electron chi connectivity index (χ3n) is 3.30. The Balaban J connectivity index is 2.15. The Morgan fingerprint density at radius 2 is 1.55 bits per heavy atom. The van der Waals surface area contributed by atoms with Gasteiger partial charge in [0.1, 0.15) is 11.5 Å². The maximum absolute atomic E-state index is 9.54. The van der Waals surface area contributed by atoms with Crippen molar-refractivity contribution in [2.45, 2.75) is 25.9 Å². The fourth-order valence-corrected chi connectivity index (χ4v) is 2.88. The highest BCUT2D eigenvalue weighted by Gasteiger charge is 2.14. The molecule has 106 valence electrons. The molecule has 0 aromatic heterocycles. The van der Waals surface area contributed by atoms with Gasteiger partial charge in [-0.15, -0.1) is 0 Å². The SMILES string of the molecule is CC(NC(C)c1ccccc1Br)c1cc(O)cc(O)c1. The first-order valence-corrected chi connectivity index (χ1v) is 7.30. The molecule has 0 saturated heterocycles. The number of phenolic OH excluding ortho intramolecular Hbond substituents is 2. The highest BCUT2D eigenvalue weighted by atomic mass is 79.9. The molecule has 0 aliphatic carbocycles. The summed E-state index contributed by atoms with van der Waals surface area (Å²) in [4.78, 5) is 0. The van der Waals surface area contributed by atoms with Crippen molar-refractivity contribution in [2.24, 2.45) is 0 Å². The predicted molar refractivity (Wildman–Crippen MR) is 83.9 cm³/mol. The van der Waals surface area contributed by atoms with Crippen molar-refractivity contribution in [2.75, 3.05) is 0 Å². The summed E-state index contributed by atoms with van der Waals surface area (Å²) in [6.45, 7) is 4.08. The summed E-state index contributed by atoms with van der Waals surface area (Å²) in [5, 5.41) is 22.5. The smallest absolute Gasteiger partial charge is 0.119 e. The van der Waals surface area contributed by atoms with Gasteiger partial charge in [-0.1, -0.05) is 34.1 Å². The normalized spacial score (nSPS) is 13.9. The lowest BCUT2D eigenvalue weighted by Crippen LogP contribution is -2.22. The van der Waals surface area contributed by atoms with E-state index in [4.69, 9.17) is 0 Å². The maximum atomic E-state index is 9.54. The summed E-state index contributed by atoms with van der Waals surface area (Å²) in [5.74, 6) is 0.143. The average molecular weight is 336 g/mol. The first kappa shape index (κ1) is 14.9. The number of rotatable bonds is 4. The van der Waals surface area contributed by atoms with Crippen molar-refractivity contribution >= 4 is 15.9 Å². The van der Waals surface area contributed by atoms with E-state index >= 15 is 0 Å². The minimum absolute atomic E-state index is 0.00936. The molecular formula is C16H18BrNO2. The summed E-state index contributed by atoms with van der Waals surface area (Å²) < 4.78 is 1.06. The third-order valence-corrected chi connectivity index (χ3v) is 4.02. The summed E-state index contributed by atoms with van der Waals surface area (Å²) >= 11 is 3.55. The standard InChI is InChI=1S/C16H18BrNO2/c1-10(12-7-13(19)9-14(20)8-12)18-11(2)15-5-3-4-6-16(15)17/h3-11,18-20H,1-2H3. The van der Waals surface area contributed by atoms with Crippen LogP contribution in [0, 0.1) is 0 Å². The zero-order valence-corrected chi connectivity index (χ0v) is 13.1. The Morgan fingerprint density at radius 3 is 2.15 bits per heavy atom. The fourth-order valence-electron chi connectivity index (χ4n) is 2.26. The van der Waals surface area contributed by atoms with Crippen LogP contribution < -0.4 is 5.32 Å². The molecule has 0 spiro atoms. The Morgan fingerprint density at radius 1 is 0.950 bits per heavy atom. The molecule has 4 heteroatoms. The van der Waals surface area contributed by atoms with E-state index in [1.165, 1.54) is 11.6 Å². The largest absolute Gasteiger partial charge is 0.508 e. The number of hydrogen-bond donors (Lipinski definition) is 3. The molecule has 0 bridgehead atoms. The molecule has 2 rings (SSSR count). The van der Waals surface area contributed by atoms with Gasteiger partial charge in [-0.2, -0.15) is 0 Å². The second kappa shape index (κ2) is 6.29. The van der Waals surface area contributed by atoms with Gasteiger partial charge in [0.25, 0.3) is 0 Å². The molecule has 2 unspecified atom stereocenters. The third kappa shape index (κ3) is 3.52. The van der Waals surface area contributed by atoms with E-state index in [0.717, 1.165) is 10.0 Å². The van der Waals surface area contributed by atoms with Crippen LogP contribution in [0.1, 0.15) is 37.1 Å². The zero-order chi connectivity index (χ0) is 14.7. The van der Waals surface area contributed by atoms with Gasteiger partial charge in [0.2, 0.25) is 0 Å². The van der Waals surface area contributed by atoms with E-state index in [-0.39, 0.29) is 23.6 Å². The summed E-state index contributed by atoms with van der Waals surface area (Å²) in [7, 11) is 0. The zero-order valence-electron chi connectivity index (χ0n) is 11.5. The van der Waals surface area contributed by atoms with E-state index in [1.54, 1.807) is 12.1 Å². The van der Waals surface area contributed by atoms with Crippen LogP contribution in [0.15, 0.2) is 46.9 Å². The fraction of sp³-hybridized carbons (Fsp3) is 0.250. The molecule has 3 nitrogen and oxygen atoms in total. The van der Waals surface area contributed by atoms with Crippen LogP contribution in [-0.4, -0.2) is 10.2 Å². The Kier molecular flexibility index (Phi) is 4.68. The van der Waals surface area contributed by atoms with E-state index in [9.17, 15) is 10.2 Å². The summed E-state index contributed by atoms with van der Waals surface area (Å²) in [6, 6.07) is 12.9. The quantitative estimate of drug-likeness (QED) is 0.781. The van der Waals surface area contributed by atoms with Crippen molar-refractivity contribution in [3.8, 4) is 11.5 Å². The number of nitrogens with one attached hydrogen (secondary N) is 1. The highest BCUT2D eigenvalue weighted by molar-refractivity contribution is 9.10. The van der Waals surface area contributed by atoms with Crippen molar-refractivity contribution in [3.05, 3.63) is 58.1 Å². The van der Waals surface area contributed by atoms with Crippen LogP contribution in [0.4, 0.5) is 0 Å². The van der Waals surface area contributed by atoms with Gasteiger partial charge in [0.15, 0.2) is 0 Å². The molecule has 0 heterocycles. The molecule has 20 heavy (non-hydrogen) atoms. The van der Waals surface area contributed by atoms with E-state index in [1.807, 2.05) is 25.1 Å². The molecule has 0 radical (unpaired) electrons. The lowest BCUT2D eigenvalue weighted by molar-refractivity contribution is 0.442. The van der Waals surface area contributed by atoms with Gasteiger partial charge in [-0.3, -0.25) is 0 Å². The lowest BCUT2D eigenvalue weighted by Gasteiger charge is -2.22. The predicted octanol–water partition coefficient (Wildman–Crippen LogP) is 4.27. The molecule has 2 atom stereocenters. The first-order valence-electron chi connectivity index (χ1n) is 6.50. The van der Waals surface area contributed by atoms with E-state index < -0.39 is 0 Å². The van der Waals surface area contributed by atoms with Gasteiger partial charge in [0, 0.05) is 22.6 Å². The minimum Gasteiger partial charge on any atom is -0.508 e. The minimum atomic E-state index is 0.00936. The van der Waals surface area contributed by atoms with Crippen molar-refractivity contribution in [3.63, 3.8) is 0 Å². The molecule has 0 aliphatic rings. The molecular weight excluding hydrogens is 318 g/mol. The Bertz CT molecular complexity index is 581. The van der Waals surface area contributed by atoms with Crippen LogP contribution in [-0.2, 0) is 0 Å². The Labute approximate surface area is 127 Å². The van der Waals surface area contributed by atoms with Crippen LogP contribution in [0.3, 0.4) is 0 Å². The van der Waals surface area contributed by atoms with Gasteiger partial charge in [-0.25, -0.2) is 0 Å². The van der Waals surface area contributed by atoms with Gasteiger partial charge >= 0.3 is 0 Å². The van der Waals surface area contributed by atoms with E-state index in [0.29, 0.717) is 0 Å². The average Bonchev–Trinajstić information content (AvgIpc) is 2.37. The first-order chi connectivity index (χ1) is 9.47. The number of hydrogen-bond acceptors (Lipinski definition) is 3. The van der Waals surface area contributed by atoms with Crippen LogP contribution >= 0.6 is 15.9 Å². The molecule has 3 N–H and O–H groups in total. The second-order valence-electron chi connectivity index (χ2n) is 4.91. The second-order valence-corrected chi connectivity index (χ2v) is 5.77. The highest BCUT2D eigenvalue weighted by Crippen LogP contribution is 2.28. The topological polar surface area (TPSA) is 52.5 Å². The van der Waals surface area contributed by atoms with Crippen LogP contribution in [0.25, 0.3) is 0 Å². The van der Waals surface area contributed by atoms with Crippen molar-refractivity contribution < 1.29 is 10.2 Å². The molecule has 0 fully saturated rings.